The number of halogens is 1. The zero-order chi connectivity index (χ0) is 21.6. The highest BCUT2D eigenvalue weighted by molar-refractivity contribution is 7.63. The Morgan fingerprint density at radius 2 is 1.89 bits per heavy atom. The van der Waals surface area contributed by atoms with Gasteiger partial charge in [0.1, 0.15) is 14.0 Å². The van der Waals surface area contributed by atoms with Crippen molar-refractivity contribution in [1.82, 2.24) is 4.67 Å². The third-order valence-electron chi connectivity index (χ3n) is 4.85. The monoisotopic (exact) mass is 434 g/mol. The van der Waals surface area contributed by atoms with Crippen LogP contribution in [-0.2, 0) is 18.3 Å². The van der Waals surface area contributed by atoms with Gasteiger partial charge in [0.15, 0.2) is 0 Å². The summed E-state index contributed by atoms with van der Waals surface area (Å²) in [4.78, 5) is 0. The Morgan fingerprint density at radius 3 is 2.36 bits per heavy atom. The summed E-state index contributed by atoms with van der Waals surface area (Å²) >= 11 is 0. The van der Waals surface area contributed by atoms with Gasteiger partial charge in [0.25, 0.3) is 8.53 Å². The molecule has 6 atom stereocenters. The third kappa shape index (κ3) is 7.35. The summed E-state index contributed by atoms with van der Waals surface area (Å²) in [6.07, 6.45) is -2.13. The fourth-order valence-corrected chi connectivity index (χ4v) is 5.70. The van der Waals surface area contributed by atoms with Crippen LogP contribution in [0.1, 0.15) is 47.5 Å². The summed E-state index contributed by atoms with van der Waals surface area (Å²) in [5.74, 6) is 0. The summed E-state index contributed by atoms with van der Waals surface area (Å²) in [6, 6.07) is 1.58. The van der Waals surface area contributed by atoms with Crippen LogP contribution in [0.5, 0.6) is 0 Å². The summed E-state index contributed by atoms with van der Waals surface area (Å²) in [6.45, 7) is 13.2. The second-order valence-corrected chi connectivity index (χ2v) is 13.3. The Kier molecular flexibility index (Phi) is 10.6. The van der Waals surface area contributed by atoms with Crippen molar-refractivity contribution >= 4 is 23.5 Å². The van der Waals surface area contributed by atoms with Gasteiger partial charge >= 0.3 is 0 Å². The van der Waals surface area contributed by atoms with Crippen molar-refractivity contribution in [3.05, 3.63) is 0 Å². The number of nitriles is 1. The maximum Gasteiger partial charge on any atom is 0.259 e. The fraction of sp³-hybridized carbons (Fsp3) is 0.944. The average Bonchev–Trinajstić information content (AvgIpc) is 2.92. The summed E-state index contributed by atoms with van der Waals surface area (Å²) in [5, 5.41) is 8.79. The van der Waals surface area contributed by atoms with E-state index >= 15 is 0 Å². The number of nitrogens with zero attached hydrogens (tertiary/aromatic N) is 2. The first-order valence-electron chi connectivity index (χ1n) is 9.74. The van der Waals surface area contributed by atoms with E-state index in [1.807, 2.05) is 27.7 Å². The van der Waals surface area contributed by atoms with Crippen molar-refractivity contribution in [1.29, 1.82) is 5.26 Å². The largest absolute Gasteiger partial charge is 0.379 e. The molecule has 0 bridgehead atoms. The predicted octanol–water partition coefficient (Wildman–Crippen LogP) is 4.28. The van der Waals surface area contributed by atoms with Gasteiger partial charge in [-0.3, -0.25) is 0 Å². The van der Waals surface area contributed by atoms with Crippen LogP contribution in [0.2, 0.25) is 0 Å². The predicted molar refractivity (Wildman–Crippen MR) is 113 cm³/mol. The van der Waals surface area contributed by atoms with Crippen molar-refractivity contribution in [2.45, 2.75) is 89.6 Å². The summed E-state index contributed by atoms with van der Waals surface area (Å²) in [7, 11) is 2.00. The molecule has 0 saturated carbocycles. The Bertz CT molecular complexity index is 564. The standard InChI is InChI=1S/C18H34BFN2O4P2/c1-12(2)22(13(3)4)27(24-10-8-9-21)26-16-11-15(25-18(16)19)17(20)14(5)28(6,7)23/h12-18H,8,10-11H2,1-7H3/t14?,15-,16?,17?,18+,27?/m0/s1. The number of hydrogen-bond donors (Lipinski definition) is 0. The molecule has 1 rings (SSSR count). The minimum Gasteiger partial charge on any atom is -0.379 e. The Hall–Kier alpha value is -0.0151. The van der Waals surface area contributed by atoms with E-state index in [0.717, 1.165) is 0 Å². The molecule has 1 saturated heterocycles. The quantitative estimate of drug-likeness (QED) is 0.275. The zero-order valence-electron chi connectivity index (χ0n) is 18.0. The van der Waals surface area contributed by atoms with Gasteiger partial charge in [-0.15, -0.1) is 0 Å². The lowest BCUT2D eigenvalue weighted by Gasteiger charge is -2.37. The normalized spacial score (nSPS) is 26.6. The molecule has 0 aromatic carbocycles. The van der Waals surface area contributed by atoms with Gasteiger partial charge in [0, 0.05) is 30.2 Å². The molecule has 0 aliphatic carbocycles. The van der Waals surface area contributed by atoms with E-state index in [9.17, 15) is 8.96 Å². The first-order chi connectivity index (χ1) is 12.9. The van der Waals surface area contributed by atoms with E-state index in [4.69, 9.17) is 26.9 Å². The third-order valence-corrected chi connectivity index (χ3v) is 9.25. The van der Waals surface area contributed by atoms with Crippen molar-refractivity contribution in [2.75, 3.05) is 19.9 Å². The van der Waals surface area contributed by atoms with Crippen LogP contribution in [0.15, 0.2) is 0 Å². The summed E-state index contributed by atoms with van der Waals surface area (Å²) in [5.41, 5.74) is -0.611. The van der Waals surface area contributed by atoms with Gasteiger partial charge in [0.2, 0.25) is 0 Å². The molecule has 1 aliphatic rings. The second-order valence-electron chi connectivity index (χ2n) is 8.18. The van der Waals surface area contributed by atoms with Crippen LogP contribution in [0.3, 0.4) is 0 Å². The molecule has 28 heavy (non-hydrogen) atoms. The molecule has 1 fully saturated rings. The topological polar surface area (TPSA) is 71.8 Å². The molecule has 2 radical (unpaired) electrons. The van der Waals surface area contributed by atoms with E-state index in [1.165, 1.54) is 0 Å². The van der Waals surface area contributed by atoms with Gasteiger partial charge in [-0.25, -0.2) is 9.06 Å². The molecule has 0 amide bonds. The number of ether oxygens (including phenoxy) is 1. The van der Waals surface area contributed by atoms with Gasteiger partial charge in [-0.1, -0.05) is 6.92 Å². The number of alkyl halides is 1. The second kappa shape index (κ2) is 11.4. The molecule has 6 nitrogen and oxygen atoms in total. The van der Waals surface area contributed by atoms with Crippen LogP contribution in [-0.4, -0.2) is 74.6 Å². The maximum atomic E-state index is 14.9. The van der Waals surface area contributed by atoms with Crippen molar-refractivity contribution in [3.63, 3.8) is 0 Å². The van der Waals surface area contributed by atoms with Crippen LogP contribution in [0.4, 0.5) is 4.39 Å². The molecule has 1 aliphatic heterocycles. The smallest absolute Gasteiger partial charge is 0.259 e. The van der Waals surface area contributed by atoms with Gasteiger partial charge in [-0.05, 0) is 41.0 Å². The van der Waals surface area contributed by atoms with E-state index < -0.39 is 45.7 Å². The zero-order valence-corrected chi connectivity index (χ0v) is 19.8. The minimum atomic E-state index is -2.59. The SMILES string of the molecule is [B][C@@H]1O[C@H](C(F)C(C)P(C)(C)=O)CC1OP(OCCC#N)N(C(C)C)C(C)C. The highest BCUT2D eigenvalue weighted by Gasteiger charge is 2.44. The molecule has 4 unspecified atom stereocenters. The first kappa shape index (κ1) is 26.0. The number of hydrogen-bond acceptors (Lipinski definition) is 6. The van der Waals surface area contributed by atoms with Crippen molar-refractivity contribution in [3.8, 4) is 6.07 Å². The molecule has 0 spiro atoms. The van der Waals surface area contributed by atoms with E-state index in [2.05, 4.69) is 10.7 Å². The summed E-state index contributed by atoms with van der Waals surface area (Å²) < 4.78 is 46.9. The van der Waals surface area contributed by atoms with Crippen LogP contribution in [0.25, 0.3) is 0 Å². The van der Waals surface area contributed by atoms with Gasteiger partial charge < -0.3 is 18.3 Å². The average molecular weight is 434 g/mol. The molecule has 0 aromatic rings. The first-order valence-corrected chi connectivity index (χ1v) is 13.5. The van der Waals surface area contributed by atoms with Crippen molar-refractivity contribution in [2.24, 2.45) is 0 Å². The Morgan fingerprint density at radius 1 is 1.32 bits per heavy atom. The van der Waals surface area contributed by atoms with Crippen LogP contribution < -0.4 is 0 Å². The van der Waals surface area contributed by atoms with Crippen molar-refractivity contribution < 1.29 is 22.7 Å². The molecular formula is C18H34BFN2O4P2. The number of rotatable bonds is 11. The fourth-order valence-electron chi connectivity index (χ4n) is 3.08. The molecular weight excluding hydrogens is 400 g/mol. The lowest BCUT2D eigenvalue weighted by Crippen LogP contribution is -2.36. The molecule has 10 heteroatoms. The maximum absolute atomic E-state index is 14.9. The molecule has 1 heterocycles. The highest BCUT2D eigenvalue weighted by Crippen LogP contribution is 2.50. The lowest BCUT2D eigenvalue weighted by atomic mass is 9.94. The van der Waals surface area contributed by atoms with Crippen LogP contribution >= 0.6 is 15.7 Å². The van der Waals surface area contributed by atoms with Gasteiger partial charge in [-0.2, -0.15) is 5.26 Å². The lowest BCUT2D eigenvalue weighted by molar-refractivity contribution is 0.0185. The molecule has 0 N–H and O–H groups in total. The van der Waals surface area contributed by atoms with Gasteiger partial charge in [0.05, 0.1) is 38.4 Å². The van der Waals surface area contributed by atoms with E-state index in [1.54, 1.807) is 20.3 Å². The molecule has 0 aromatic heterocycles. The molecule has 160 valence electrons. The van der Waals surface area contributed by atoms with Crippen LogP contribution in [0, 0.1) is 11.3 Å². The highest BCUT2D eigenvalue weighted by atomic mass is 31.2. The van der Waals surface area contributed by atoms with E-state index in [-0.39, 0.29) is 31.5 Å². The Labute approximate surface area is 172 Å². The Balaban J connectivity index is 2.87. The van der Waals surface area contributed by atoms with E-state index in [0.29, 0.717) is 0 Å². The minimum absolute atomic E-state index is 0.155.